The third-order valence-electron chi connectivity index (χ3n) is 7.11. The normalized spacial score (nSPS) is 16.4. The van der Waals surface area contributed by atoms with Gasteiger partial charge >= 0.3 is 0 Å². The first kappa shape index (κ1) is 24.3. The molecule has 5 rings (SSSR count). The standard InChI is InChI=1S/C29H34N4O3/c1-3-24(22-9-5-4-6-10-22)29(34)33-13-12-26-25(20-33)28(32-14-16-36-17-15-32)31-27(30-26)19-21-8-7-11-23(18-21)35-2/h4-11,18,24H,3,12-17,19-20H2,1-2H3. The zero-order valence-electron chi connectivity index (χ0n) is 21.2. The van der Waals surface area contributed by atoms with Gasteiger partial charge in [0.05, 0.1) is 38.5 Å². The summed E-state index contributed by atoms with van der Waals surface area (Å²) in [7, 11) is 1.68. The summed E-state index contributed by atoms with van der Waals surface area (Å²) in [6.07, 6.45) is 2.14. The lowest BCUT2D eigenvalue weighted by atomic mass is 9.93. The Labute approximate surface area is 213 Å². The molecule has 1 aromatic heterocycles. The molecular weight excluding hydrogens is 452 g/mol. The predicted octanol–water partition coefficient (Wildman–Crippen LogP) is 3.99. The molecule has 2 aromatic carbocycles. The molecule has 1 atom stereocenters. The van der Waals surface area contributed by atoms with Crippen molar-refractivity contribution in [2.24, 2.45) is 0 Å². The molecule has 36 heavy (non-hydrogen) atoms. The molecule has 1 saturated heterocycles. The van der Waals surface area contributed by atoms with E-state index in [1.807, 2.05) is 41.3 Å². The fourth-order valence-corrected chi connectivity index (χ4v) is 5.17. The Balaban J connectivity index is 1.45. The quantitative estimate of drug-likeness (QED) is 0.503. The Morgan fingerprint density at radius 2 is 1.86 bits per heavy atom. The van der Waals surface area contributed by atoms with Gasteiger partial charge in [0.1, 0.15) is 17.4 Å². The van der Waals surface area contributed by atoms with Gasteiger partial charge in [0.15, 0.2) is 0 Å². The van der Waals surface area contributed by atoms with E-state index in [9.17, 15) is 4.79 Å². The molecule has 0 N–H and O–H groups in total. The number of hydrogen-bond donors (Lipinski definition) is 0. The minimum Gasteiger partial charge on any atom is -0.497 e. The van der Waals surface area contributed by atoms with Gasteiger partial charge in [0.25, 0.3) is 0 Å². The molecule has 0 radical (unpaired) electrons. The van der Waals surface area contributed by atoms with E-state index in [0.717, 1.165) is 65.7 Å². The maximum absolute atomic E-state index is 13.6. The number of amides is 1. The number of methoxy groups -OCH3 is 1. The molecule has 1 amide bonds. The summed E-state index contributed by atoms with van der Waals surface area (Å²) in [4.78, 5) is 28.0. The minimum absolute atomic E-state index is 0.132. The second-order valence-corrected chi connectivity index (χ2v) is 9.40. The third-order valence-corrected chi connectivity index (χ3v) is 7.11. The molecule has 2 aliphatic rings. The van der Waals surface area contributed by atoms with Crippen LogP contribution < -0.4 is 9.64 Å². The number of benzene rings is 2. The van der Waals surface area contributed by atoms with Crippen LogP contribution in [0.4, 0.5) is 5.82 Å². The Hall–Kier alpha value is -3.45. The van der Waals surface area contributed by atoms with Crippen LogP contribution in [0.2, 0.25) is 0 Å². The molecule has 0 aliphatic carbocycles. The van der Waals surface area contributed by atoms with E-state index >= 15 is 0 Å². The van der Waals surface area contributed by atoms with Crippen LogP contribution in [0.3, 0.4) is 0 Å². The molecule has 0 saturated carbocycles. The van der Waals surface area contributed by atoms with E-state index in [4.69, 9.17) is 19.4 Å². The first-order valence-electron chi connectivity index (χ1n) is 12.8. The van der Waals surface area contributed by atoms with Crippen LogP contribution in [0.25, 0.3) is 0 Å². The number of aromatic nitrogens is 2. The van der Waals surface area contributed by atoms with Crippen molar-refractivity contribution < 1.29 is 14.3 Å². The Morgan fingerprint density at radius 3 is 2.61 bits per heavy atom. The fourth-order valence-electron chi connectivity index (χ4n) is 5.17. The van der Waals surface area contributed by atoms with Gasteiger partial charge in [-0.25, -0.2) is 9.97 Å². The zero-order chi connectivity index (χ0) is 24.9. The highest BCUT2D eigenvalue weighted by molar-refractivity contribution is 5.84. The summed E-state index contributed by atoms with van der Waals surface area (Å²) >= 11 is 0. The first-order valence-corrected chi connectivity index (χ1v) is 12.8. The molecule has 3 heterocycles. The van der Waals surface area contributed by atoms with Gasteiger partial charge in [-0.05, 0) is 29.7 Å². The highest BCUT2D eigenvalue weighted by atomic mass is 16.5. The van der Waals surface area contributed by atoms with Crippen LogP contribution in [0.15, 0.2) is 54.6 Å². The van der Waals surface area contributed by atoms with Gasteiger partial charge in [0.2, 0.25) is 5.91 Å². The number of carbonyl (C=O) groups is 1. The summed E-state index contributed by atoms with van der Waals surface area (Å²) in [6.45, 7) is 6.24. The molecule has 1 unspecified atom stereocenters. The number of hydrogen-bond acceptors (Lipinski definition) is 6. The Bertz CT molecular complexity index is 1190. The lowest BCUT2D eigenvalue weighted by Gasteiger charge is -2.35. The van der Waals surface area contributed by atoms with Crippen molar-refractivity contribution in [3.63, 3.8) is 0 Å². The lowest BCUT2D eigenvalue weighted by Crippen LogP contribution is -2.42. The van der Waals surface area contributed by atoms with Gasteiger partial charge in [-0.3, -0.25) is 4.79 Å². The van der Waals surface area contributed by atoms with E-state index in [1.54, 1.807) is 7.11 Å². The number of morpholine rings is 1. The van der Waals surface area contributed by atoms with Gasteiger partial charge in [0, 0.05) is 38.0 Å². The van der Waals surface area contributed by atoms with Crippen molar-refractivity contribution in [2.45, 2.75) is 38.6 Å². The van der Waals surface area contributed by atoms with Crippen molar-refractivity contribution >= 4 is 11.7 Å². The number of carbonyl (C=O) groups excluding carboxylic acids is 1. The van der Waals surface area contributed by atoms with Crippen molar-refractivity contribution in [1.82, 2.24) is 14.9 Å². The molecule has 1 fully saturated rings. The predicted molar refractivity (Wildman–Crippen MR) is 139 cm³/mol. The van der Waals surface area contributed by atoms with E-state index < -0.39 is 0 Å². The van der Waals surface area contributed by atoms with Crippen molar-refractivity contribution in [1.29, 1.82) is 0 Å². The Kier molecular flexibility index (Phi) is 7.47. The van der Waals surface area contributed by atoms with E-state index in [-0.39, 0.29) is 11.8 Å². The molecule has 3 aromatic rings. The summed E-state index contributed by atoms with van der Waals surface area (Å²) in [5.41, 5.74) is 4.33. The van der Waals surface area contributed by atoms with Crippen molar-refractivity contribution in [3.8, 4) is 5.75 Å². The number of rotatable bonds is 7. The highest BCUT2D eigenvalue weighted by Gasteiger charge is 2.31. The van der Waals surface area contributed by atoms with Crippen LogP contribution in [0.1, 0.15) is 47.5 Å². The first-order chi connectivity index (χ1) is 17.7. The average Bonchev–Trinajstić information content (AvgIpc) is 2.94. The topological polar surface area (TPSA) is 67.8 Å². The van der Waals surface area contributed by atoms with Crippen molar-refractivity contribution in [2.75, 3.05) is 44.9 Å². The van der Waals surface area contributed by atoms with Gasteiger partial charge in [-0.1, -0.05) is 49.4 Å². The molecule has 0 bridgehead atoms. The number of nitrogens with zero attached hydrogens (tertiary/aromatic N) is 4. The van der Waals surface area contributed by atoms with Crippen LogP contribution in [0, 0.1) is 0 Å². The van der Waals surface area contributed by atoms with Crippen LogP contribution in [-0.4, -0.2) is 60.7 Å². The third kappa shape index (κ3) is 5.21. The molecular formula is C29H34N4O3. The lowest BCUT2D eigenvalue weighted by molar-refractivity contribution is -0.133. The maximum Gasteiger partial charge on any atom is 0.230 e. The fraction of sp³-hybridized carbons (Fsp3) is 0.414. The van der Waals surface area contributed by atoms with Crippen LogP contribution >= 0.6 is 0 Å². The van der Waals surface area contributed by atoms with Gasteiger partial charge in [-0.15, -0.1) is 0 Å². The van der Waals surface area contributed by atoms with Gasteiger partial charge in [-0.2, -0.15) is 0 Å². The smallest absolute Gasteiger partial charge is 0.230 e. The average molecular weight is 487 g/mol. The number of anilines is 1. The summed E-state index contributed by atoms with van der Waals surface area (Å²) in [5.74, 6) is 2.64. The SMILES string of the molecule is CCC(C(=O)N1CCc2nc(Cc3cccc(OC)c3)nc(N3CCOCC3)c2C1)c1ccccc1. The Morgan fingerprint density at radius 1 is 1.06 bits per heavy atom. The largest absolute Gasteiger partial charge is 0.497 e. The molecule has 7 nitrogen and oxygen atoms in total. The molecule has 188 valence electrons. The molecule has 7 heteroatoms. The monoisotopic (exact) mass is 486 g/mol. The zero-order valence-corrected chi connectivity index (χ0v) is 21.2. The number of fused-ring (bicyclic) bond motifs is 1. The van der Waals surface area contributed by atoms with Crippen molar-refractivity contribution in [3.05, 3.63) is 82.8 Å². The second-order valence-electron chi connectivity index (χ2n) is 9.40. The van der Waals surface area contributed by atoms with E-state index in [1.165, 1.54) is 0 Å². The molecule has 2 aliphatic heterocycles. The number of ether oxygens (including phenoxy) is 2. The summed E-state index contributed by atoms with van der Waals surface area (Å²) < 4.78 is 11.0. The van der Waals surface area contributed by atoms with Crippen LogP contribution in [0.5, 0.6) is 5.75 Å². The highest BCUT2D eigenvalue weighted by Crippen LogP contribution is 2.31. The van der Waals surface area contributed by atoms with E-state index in [2.05, 4.69) is 30.0 Å². The van der Waals surface area contributed by atoms with Gasteiger partial charge < -0.3 is 19.3 Å². The van der Waals surface area contributed by atoms with Crippen LogP contribution in [-0.2, 0) is 28.9 Å². The van der Waals surface area contributed by atoms with E-state index in [0.29, 0.717) is 32.7 Å². The second kappa shape index (κ2) is 11.1. The summed E-state index contributed by atoms with van der Waals surface area (Å²) in [5, 5.41) is 0. The minimum atomic E-state index is -0.132. The maximum atomic E-state index is 13.6. The molecule has 0 spiro atoms. The summed E-state index contributed by atoms with van der Waals surface area (Å²) in [6, 6.07) is 18.2.